The first-order chi connectivity index (χ1) is 9.38. The second-order valence-electron chi connectivity index (χ2n) is 4.98. The van der Waals surface area contributed by atoms with Crippen molar-refractivity contribution in [3.63, 3.8) is 0 Å². The number of nitrogen functional groups attached to an aromatic ring is 1. The molecular formula is C14H24N2O3S. The molecule has 0 heterocycles. The number of anilines is 1. The SMILES string of the molecule is CCCCC(CC)COc1ccc(N)cc1S(N)(=O)=O. The smallest absolute Gasteiger partial charge is 0.241 e. The lowest BCUT2D eigenvalue weighted by molar-refractivity contribution is 0.228. The lowest BCUT2D eigenvalue weighted by Gasteiger charge is -2.17. The van der Waals surface area contributed by atoms with E-state index in [0.717, 1.165) is 25.7 Å². The van der Waals surface area contributed by atoms with Crippen molar-refractivity contribution in [3.05, 3.63) is 18.2 Å². The van der Waals surface area contributed by atoms with Crippen LogP contribution in [0.15, 0.2) is 23.1 Å². The van der Waals surface area contributed by atoms with E-state index in [1.54, 1.807) is 12.1 Å². The van der Waals surface area contributed by atoms with Crippen molar-refractivity contribution >= 4 is 15.7 Å². The molecule has 0 bridgehead atoms. The van der Waals surface area contributed by atoms with Crippen molar-refractivity contribution in [1.82, 2.24) is 0 Å². The Kier molecular flexibility index (Phi) is 6.29. The Morgan fingerprint density at radius 3 is 2.55 bits per heavy atom. The van der Waals surface area contributed by atoms with Crippen molar-refractivity contribution in [1.29, 1.82) is 0 Å². The Morgan fingerprint density at radius 1 is 1.30 bits per heavy atom. The van der Waals surface area contributed by atoms with E-state index >= 15 is 0 Å². The highest BCUT2D eigenvalue weighted by molar-refractivity contribution is 7.89. The van der Waals surface area contributed by atoms with Crippen LogP contribution in [0.2, 0.25) is 0 Å². The van der Waals surface area contributed by atoms with Gasteiger partial charge in [-0.25, -0.2) is 13.6 Å². The van der Waals surface area contributed by atoms with E-state index in [4.69, 9.17) is 15.6 Å². The van der Waals surface area contributed by atoms with Crippen molar-refractivity contribution in [2.45, 2.75) is 44.4 Å². The van der Waals surface area contributed by atoms with E-state index in [1.807, 2.05) is 0 Å². The summed E-state index contributed by atoms with van der Waals surface area (Å²) in [6.45, 7) is 4.74. The number of hydrogen-bond acceptors (Lipinski definition) is 4. The van der Waals surface area contributed by atoms with Crippen LogP contribution in [0.1, 0.15) is 39.5 Å². The Balaban J connectivity index is 2.82. The topological polar surface area (TPSA) is 95.4 Å². The number of hydrogen-bond donors (Lipinski definition) is 2. The Morgan fingerprint density at radius 2 is 2.00 bits per heavy atom. The Labute approximate surface area is 121 Å². The van der Waals surface area contributed by atoms with Gasteiger partial charge in [-0.05, 0) is 30.5 Å². The van der Waals surface area contributed by atoms with Crippen LogP contribution in [0.4, 0.5) is 5.69 Å². The molecule has 114 valence electrons. The molecule has 20 heavy (non-hydrogen) atoms. The molecule has 0 aliphatic carbocycles. The first kappa shape index (κ1) is 16.8. The van der Waals surface area contributed by atoms with Gasteiger partial charge in [0.1, 0.15) is 10.6 Å². The van der Waals surface area contributed by atoms with Gasteiger partial charge in [-0.1, -0.05) is 33.1 Å². The van der Waals surface area contributed by atoms with Gasteiger partial charge in [0.25, 0.3) is 0 Å². The lowest BCUT2D eigenvalue weighted by atomic mass is 10.0. The molecule has 1 aromatic rings. The van der Waals surface area contributed by atoms with Gasteiger partial charge in [-0.2, -0.15) is 0 Å². The van der Waals surface area contributed by atoms with Crippen molar-refractivity contribution in [3.8, 4) is 5.75 Å². The highest BCUT2D eigenvalue weighted by atomic mass is 32.2. The van der Waals surface area contributed by atoms with Crippen molar-refractivity contribution in [2.24, 2.45) is 11.1 Å². The standard InChI is InChI=1S/C14H24N2O3S/c1-3-5-6-11(4-2)10-19-13-8-7-12(15)9-14(13)20(16,17)18/h7-9,11H,3-6,10,15H2,1-2H3,(H2,16,17,18). The van der Waals surface area contributed by atoms with Gasteiger partial charge < -0.3 is 10.5 Å². The maximum atomic E-state index is 11.5. The molecule has 4 N–H and O–H groups in total. The zero-order valence-electron chi connectivity index (χ0n) is 12.1. The summed E-state index contributed by atoms with van der Waals surface area (Å²) >= 11 is 0. The Bertz CT molecular complexity index is 529. The fourth-order valence-corrected chi connectivity index (χ4v) is 2.68. The second-order valence-corrected chi connectivity index (χ2v) is 6.51. The molecule has 5 nitrogen and oxygen atoms in total. The van der Waals surface area contributed by atoms with Crippen LogP contribution in [0.25, 0.3) is 0 Å². The molecule has 0 aromatic heterocycles. The minimum absolute atomic E-state index is 0.0529. The van der Waals surface area contributed by atoms with E-state index in [-0.39, 0.29) is 10.6 Å². The number of unbranched alkanes of at least 4 members (excludes halogenated alkanes) is 1. The third kappa shape index (κ3) is 5.02. The molecule has 1 unspecified atom stereocenters. The minimum atomic E-state index is -3.83. The number of rotatable bonds is 8. The van der Waals surface area contributed by atoms with Gasteiger partial charge in [0.05, 0.1) is 6.61 Å². The zero-order chi connectivity index (χ0) is 15.2. The molecule has 0 amide bonds. The molecule has 0 aliphatic rings. The first-order valence-corrected chi connectivity index (χ1v) is 8.48. The fourth-order valence-electron chi connectivity index (χ4n) is 1.97. The molecule has 0 aliphatic heterocycles. The van der Waals surface area contributed by atoms with Crippen LogP contribution < -0.4 is 15.6 Å². The summed E-state index contributed by atoms with van der Waals surface area (Å²) in [6, 6.07) is 4.50. The van der Waals surface area contributed by atoms with Crippen molar-refractivity contribution < 1.29 is 13.2 Å². The van der Waals surface area contributed by atoms with Gasteiger partial charge >= 0.3 is 0 Å². The molecule has 0 saturated heterocycles. The van der Waals surface area contributed by atoms with Gasteiger partial charge in [-0.15, -0.1) is 0 Å². The second kappa shape index (κ2) is 7.50. The molecule has 0 saturated carbocycles. The van der Waals surface area contributed by atoms with Crippen LogP contribution in [0.3, 0.4) is 0 Å². The maximum Gasteiger partial charge on any atom is 0.241 e. The lowest BCUT2D eigenvalue weighted by Crippen LogP contribution is -2.17. The average Bonchev–Trinajstić information content (AvgIpc) is 2.39. The summed E-state index contributed by atoms with van der Waals surface area (Å²) in [7, 11) is -3.83. The van der Waals surface area contributed by atoms with Crippen LogP contribution in [-0.4, -0.2) is 15.0 Å². The molecule has 1 rings (SSSR count). The molecule has 0 fully saturated rings. The fraction of sp³-hybridized carbons (Fsp3) is 0.571. The van der Waals surface area contributed by atoms with Crippen LogP contribution in [0.5, 0.6) is 5.75 Å². The highest BCUT2D eigenvalue weighted by Gasteiger charge is 2.17. The maximum absolute atomic E-state index is 11.5. The number of sulfonamides is 1. The molecular weight excluding hydrogens is 276 g/mol. The van der Waals surface area contributed by atoms with E-state index < -0.39 is 10.0 Å². The molecule has 0 spiro atoms. The van der Waals surface area contributed by atoms with Gasteiger partial charge in [0.2, 0.25) is 10.0 Å². The first-order valence-electron chi connectivity index (χ1n) is 6.93. The van der Waals surface area contributed by atoms with E-state index in [9.17, 15) is 8.42 Å². The van der Waals surface area contributed by atoms with Crippen LogP contribution in [0, 0.1) is 5.92 Å². The third-order valence-corrected chi connectivity index (χ3v) is 4.22. The number of nitrogens with two attached hydrogens (primary N) is 2. The molecule has 1 atom stereocenters. The van der Waals surface area contributed by atoms with E-state index in [0.29, 0.717) is 18.2 Å². The molecule has 1 aromatic carbocycles. The summed E-state index contributed by atoms with van der Waals surface area (Å²) in [5.41, 5.74) is 5.94. The largest absolute Gasteiger partial charge is 0.492 e. The molecule has 0 radical (unpaired) electrons. The summed E-state index contributed by atoms with van der Waals surface area (Å²) in [6.07, 6.45) is 4.36. The average molecular weight is 300 g/mol. The van der Waals surface area contributed by atoms with Gasteiger partial charge in [0, 0.05) is 5.69 Å². The summed E-state index contributed by atoms with van der Waals surface area (Å²) in [5.74, 6) is 0.692. The van der Waals surface area contributed by atoms with E-state index in [2.05, 4.69) is 13.8 Å². The Hall–Kier alpha value is -1.27. The van der Waals surface area contributed by atoms with Crippen LogP contribution >= 0.6 is 0 Å². The number of primary sulfonamides is 1. The highest BCUT2D eigenvalue weighted by Crippen LogP contribution is 2.26. The van der Waals surface area contributed by atoms with Gasteiger partial charge in [0.15, 0.2) is 0 Å². The minimum Gasteiger partial charge on any atom is -0.492 e. The summed E-state index contributed by atoms with van der Waals surface area (Å²) in [5, 5.41) is 5.18. The van der Waals surface area contributed by atoms with Crippen LogP contribution in [-0.2, 0) is 10.0 Å². The summed E-state index contributed by atoms with van der Waals surface area (Å²) < 4.78 is 28.7. The van der Waals surface area contributed by atoms with E-state index in [1.165, 1.54) is 6.07 Å². The number of benzene rings is 1. The summed E-state index contributed by atoms with van der Waals surface area (Å²) in [4.78, 5) is -0.0529. The van der Waals surface area contributed by atoms with Crippen molar-refractivity contribution in [2.75, 3.05) is 12.3 Å². The predicted molar refractivity (Wildman–Crippen MR) is 81.0 cm³/mol. The quantitative estimate of drug-likeness (QED) is 0.721. The normalized spacial score (nSPS) is 13.2. The molecule has 6 heteroatoms. The predicted octanol–water partition coefficient (Wildman–Crippen LogP) is 2.51. The number of ether oxygens (including phenoxy) is 1. The monoisotopic (exact) mass is 300 g/mol. The third-order valence-electron chi connectivity index (χ3n) is 3.29. The van der Waals surface area contributed by atoms with Gasteiger partial charge in [-0.3, -0.25) is 0 Å². The zero-order valence-corrected chi connectivity index (χ0v) is 12.9.